The Bertz CT molecular complexity index is 686. The van der Waals surface area contributed by atoms with Crippen molar-refractivity contribution >= 4 is 27.5 Å². The molecule has 0 saturated carbocycles. The van der Waals surface area contributed by atoms with Crippen molar-refractivity contribution in [3.8, 4) is 0 Å². The zero-order valence-corrected chi connectivity index (χ0v) is 15.6. The number of rotatable bonds is 3. The molecule has 7 nitrogen and oxygen atoms in total. The Morgan fingerprint density at radius 2 is 2.00 bits per heavy atom. The van der Waals surface area contributed by atoms with E-state index >= 15 is 0 Å². The number of carbonyl (C=O) groups is 1. The fourth-order valence-corrected chi connectivity index (χ4v) is 4.11. The molecule has 0 N–H and O–H groups in total. The van der Waals surface area contributed by atoms with Gasteiger partial charge in [-0.2, -0.15) is 0 Å². The summed E-state index contributed by atoms with van der Waals surface area (Å²) in [6.45, 7) is 6.32. The number of sulfone groups is 1. The van der Waals surface area contributed by atoms with Gasteiger partial charge in [-0.3, -0.25) is 0 Å². The van der Waals surface area contributed by atoms with Gasteiger partial charge in [0, 0.05) is 13.1 Å². The number of piperidine rings is 1. The predicted molar refractivity (Wildman–Crippen MR) is 89.6 cm³/mol. The summed E-state index contributed by atoms with van der Waals surface area (Å²) in [4.78, 5) is 21.3. The lowest BCUT2D eigenvalue weighted by Crippen LogP contribution is -2.44. The van der Waals surface area contributed by atoms with Crippen molar-refractivity contribution in [3.63, 3.8) is 0 Å². The first-order valence-corrected chi connectivity index (χ1v) is 9.78. The van der Waals surface area contributed by atoms with Crippen LogP contribution in [0.3, 0.4) is 0 Å². The van der Waals surface area contributed by atoms with Crippen molar-refractivity contribution in [2.75, 3.05) is 18.8 Å². The third-order valence-corrected chi connectivity index (χ3v) is 5.37. The van der Waals surface area contributed by atoms with Crippen molar-refractivity contribution in [2.24, 2.45) is 5.92 Å². The van der Waals surface area contributed by atoms with E-state index < -0.39 is 21.5 Å². The first-order valence-electron chi connectivity index (χ1n) is 7.75. The van der Waals surface area contributed by atoms with Gasteiger partial charge in [-0.25, -0.2) is 23.2 Å². The van der Waals surface area contributed by atoms with Crippen LogP contribution < -0.4 is 0 Å². The average molecular weight is 376 g/mol. The predicted octanol–water partition coefficient (Wildman–Crippen LogP) is 2.55. The SMILES string of the molecule is CC(C)(C)OC(=O)N1CCCC(CS(=O)(=O)c2ncc(Cl)cn2)C1. The van der Waals surface area contributed by atoms with Crippen LogP contribution in [0.15, 0.2) is 17.6 Å². The topological polar surface area (TPSA) is 89.5 Å². The number of ether oxygens (including phenoxy) is 1. The number of amides is 1. The monoisotopic (exact) mass is 375 g/mol. The van der Waals surface area contributed by atoms with Gasteiger partial charge in [0.2, 0.25) is 15.0 Å². The van der Waals surface area contributed by atoms with E-state index in [0.717, 1.165) is 12.8 Å². The number of hydrogen-bond donors (Lipinski definition) is 0. The van der Waals surface area contributed by atoms with Gasteiger partial charge < -0.3 is 9.64 Å². The van der Waals surface area contributed by atoms with Gasteiger partial charge in [-0.05, 0) is 39.5 Å². The van der Waals surface area contributed by atoms with Crippen molar-refractivity contribution < 1.29 is 17.9 Å². The minimum Gasteiger partial charge on any atom is -0.444 e. The van der Waals surface area contributed by atoms with Crippen molar-refractivity contribution in [1.82, 2.24) is 14.9 Å². The summed E-state index contributed by atoms with van der Waals surface area (Å²) in [6.07, 6.45) is 3.57. The summed E-state index contributed by atoms with van der Waals surface area (Å²) in [5, 5.41) is 0.0454. The smallest absolute Gasteiger partial charge is 0.410 e. The summed E-state index contributed by atoms with van der Waals surface area (Å²) >= 11 is 5.68. The Balaban J connectivity index is 2.02. The molecular formula is C15H22ClN3O4S. The van der Waals surface area contributed by atoms with E-state index in [0.29, 0.717) is 13.1 Å². The van der Waals surface area contributed by atoms with Crippen LogP contribution in [-0.4, -0.2) is 53.8 Å². The fraction of sp³-hybridized carbons (Fsp3) is 0.667. The van der Waals surface area contributed by atoms with Crippen LogP contribution in [0.25, 0.3) is 0 Å². The van der Waals surface area contributed by atoms with E-state index in [1.807, 2.05) is 0 Å². The molecule has 1 atom stereocenters. The number of carbonyl (C=O) groups excluding carboxylic acids is 1. The molecule has 1 saturated heterocycles. The van der Waals surface area contributed by atoms with Crippen LogP contribution in [0.1, 0.15) is 33.6 Å². The largest absolute Gasteiger partial charge is 0.444 e. The molecule has 0 spiro atoms. The van der Waals surface area contributed by atoms with Crippen LogP contribution in [0, 0.1) is 5.92 Å². The highest BCUT2D eigenvalue weighted by Crippen LogP contribution is 2.22. The highest BCUT2D eigenvalue weighted by Gasteiger charge is 2.31. The van der Waals surface area contributed by atoms with E-state index in [9.17, 15) is 13.2 Å². The molecule has 0 aromatic carbocycles. The molecular weight excluding hydrogens is 354 g/mol. The maximum atomic E-state index is 12.4. The maximum absolute atomic E-state index is 12.4. The lowest BCUT2D eigenvalue weighted by atomic mass is 10.0. The third-order valence-electron chi connectivity index (χ3n) is 3.50. The van der Waals surface area contributed by atoms with Crippen molar-refractivity contribution in [2.45, 2.75) is 44.4 Å². The molecule has 2 heterocycles. The first-order chi connectivity index (χ1) is 11.1. The molecule has 0 radical (unpaired) electrons. The molecule has 1 aromatic heterocycles. The van der Waals surface area contributed by atoms with E-state index in [2.05, 4.69) is 9.97 Å². The number of nitrogens with zero attached hydrogens (tertiary/aromatic N) is 3. The standard InChI is InChI=1S/C15H22ClN3O4S/c1-15(2,3)23-14(20)19-6-4-5-11(9-19)10-24(21,22)13-17-7-12(16)8-18-13/h7-8,11H,4-6,9-10H2,1-3H3. The van der Waals surface area contributed by atoms with Crippen molar-refractivity contribution in [1.29, 1.82) is 0 Å². The van der Waals surface area contributed by atoms with Crippen LogP contribution >= 0.6 is 11.6 Å². The third kappa shape index (κ3) is 5.31. The van der Waals surface area contributed by atoms with Gasteiger partial charge in [0.05, 0.1) is 23.2 Å². The number of halogens is 1. The van der Waals surface area contributed by atoms with E-state index in [-0.39, 0.29) is 21.8 Å². The molecule has 9 heteroatoms. The minimum absolute atomic E-state index is 0.103. The second-order valence-electron chi connectivity index (χ2n) is 6.90. The Morgan fingerprint density at radius 1 is 1.38 bits per heavy atom. The Kier molecular flexibility index (Phi) is 5.70. The highest BCUT2D eigenvalue weighted by molar-refractivity contribution is 7.91. The van der Waals surface area contributed by atoms with Gasteiger partial charge in [0.15, 0.2) is 0 Å². The molecule has 1 unspecified atom stereocenters. The van der Waals surface area contributed by atoms with Crippen molar-refractivity contribution in [3.05, 3.63) is 17.4 Å². The second kappa shape index (κ2) is 7.23. The lowest BCUT2D eigenvalue weighted by molar-refractivity contribution is 0.0176. The molecule has 1 aromatic rings. The van der Waals surface area contributed by atoms with Gasteiger partial charge in [-0.1, -0.05) is 11.6 Å². The minimum atomic E-state index is -3.62. The molecule has 2 rings (SSSR count). The van der Waals surface area contributed by atoms with Gasteiger partial charge in [0.25, 0.3) is 0 Å². The molecule has 1 amide bonds. The van der Waals surface area contributed by atoms with E-state index in [1.54, 1.807) is 25.7 Å². The van der Waals surface area contributed by atoms with Crippen LogP contribution in [-0.2, 0) is 14.6 Å². The zero-order chi connectivity index (χ0) is 18.0. The van der Waals surface area contributed by atoms with E-state index in [4.69, 9.17) is 16.3 Å². The van der Waals surface area contributed by atoms with Crippen LogP contribution in [0.4, 0.5) is 4.79 Å². The Labute approximate surface area is 147 Å². The van der Waals surface area contributed by atoms with Gasteiger partial charge in [-0.15, -0.1) is 0 Å². The Hall–Kier alpha value is -1.41. The van der Waals surface area contributed by atoms with Crippen LogP contribution in [0.2, 0.25) is 5.02 Å². The molecule has 1 aliphatic rings. The molecule has 1 aliphatic heterocycles. The second-order valence-corrected chi connectivity index (χ2v) is 9.26. The highest BCUT2D eigenvalue weighted by atomic mass is 35.5. The van der Waals surface area contributed by atoms with Gasteiger partial charge >= 0.3 is 6.09 Å². The molecule has 134 valence electrons. The summed E-state index contributed by atoms with van der Waals surface area (Å²) < 4.78 is 30.2. The lowest BCUT2D eigenvalue weighted by Gasteiger charge is -2.33. The summed E-state index contributed by atoms with van der Waals surface area (Å²) in [5.74, 6) is -0.274. The first kappa shape index (κ1) is 18.9. The van der Waals surface area contributed by atoms with E-state index in [1.165, 1.54) is 12.4 Å². The molecule has 1 fully saturated rings. The fourth-order valence-electron chi connectivity index (χ4n) is 2.54. The van der Waals surface area contributed by atoms with Gasteiger partial charge in [0.1, 0.15) is 5.60 Å². The molecule has 0 aliphatic carbocycles. The number of hydrogen-bond acceptors (Lipinski definition) is 6. The maximum Gasteiger partial charge on any atom is 0.410 e. The summed E-state index contributed by atoms with van der Waals surface area (Å²) in [5.41, 5.74) is -0.576. The summed E-state index contributed by atoms with van der Waals surface area (Å²) in [7, 11) is -3.62. The number of likely N-dealkylation sites (tertiary alicyclic amines) is 1. The zero-order valence-electron chi connectivity index (χ0n) is 14.0. The Morgan fingerprint density at radius 3 is 2.58 bits per heavy atom. The molecule has 0 bridgehead atoms. The molecule has 24 heavy (non-hydrogen) atoms. The summed E-state index contributed by atoms with van der Waals surface area (Å²) in [6, 6.07) is 0. The quantitative estimate of drug-likeness (QED) is 0.754. The normalized spacial score (nSPS) is 19.2. The average Bonchev–Trinajstić information content (AvgIpc) is 2.45. The van der Waals surface area contributed by atoms with Crippen LogP contribution in [0.5, 0.6) is 0 Å². The number of aromatic nitrogens is 2.